The van der Waals surface area contributed by atoms with Crippen LogP contribution in [0, 0.1) is 0 Å². The Hall–Kier alpha value is -2.67. The van der Waals surface area contributed by atoms with Crippen molar-refractivity contribution in [1.82, 2.24) is 10.6 Å². The van der Waals surface area contributed by atoms with Crippen molar-refractivity contribution in [2.75, 3.05) is 0 Å². The smallest absolute Gasteiger partial charge is 0.387 e. The lowest BCUT2D eigenvalue weighted by molar-refractivity contribution is -0.0498. The van der Waals surface area contributed by atoms with E-state index in [0.29, 0.717) is 6.42 Å². The average Bonchev–Trinajstić information content (AvgIpc) is 2.90. The summed E-state index contributed by atoms with van der Waals surface area (Å²) < 4.78 is 28.7. The fourth-order valence-electron chi connectivity index (χ4n) is 3.15. The highest BCUT2D eigenvalue weighted by Gasteiger charge is 2.32. The molecule has 3 N–H and O–H groups in total. The zero-order valence-electron chi connectivity index (χ0n) is 14.2. The van der Waals surface area contributed by atoms with Gasteiger partial charge in [-0.25, -0.2) is 4.79 Å². The number of aliphatic hydroxyl groups excluding tert-OH is 1. The molecule has 0 spiro atoms. The first-order valence-electron chi connectivity index (χ1n) is 8.31. The number of benzene rings is 2. The van der Waals surface area contributed by atoms with Crippen molar-refractivity contribution >= 4 is 6.03 Å². The maximum atomic E-state index is 12.3. The number of aliphatic hydroxyl groups is 1. The fourth-order valence-corrected chi connectivity index (χ4v) is 3.15. The van der Waals surface area contributed by atoms with Gasteiger partial charge in [0.15, 0.2) is 0 Å². The van der Waals surface area contributed by atoms with E-state index in [9.17, 15) is 18.7 Å². The lowest BCUT2D eigenvalue weighted by Gasteiger charge is -2.21. The van der Waals surface area contributed by atoms with Gasteiger partial charge in [-0.2, -0.15) is 8.78 Å². The predicted octanol–water partition coefficient (Wildman–Crippen LogP) is 3.31. The number of carbonyl (C=O) groups excluding carboxylic acids is 1. The molecule has 5 nitrogen and oxygen atoms in total. The van der Waals surface area contributed by atoms with E-state index in [4.69, 9.17) is 0 Å². The Morgan fingerprint density at radius 3 is 2.58 bits per heavy atom. The van der Waals surface area contributed by atoms with Crippen molar-refractivity contribution in [1.29, 1.82) is 0 Å². The molecule has 3 atom stereocenters. The van der Waals surface area contributed by atoms with Gasteiger partial charge in [0.25, 0.3) is 0 Å². The fraction of sp³-hybridized carbons (Fsp3) is 0.316. The van der Waals surface area contributed by atoms with Crippen molar-refractivity contribution < 1.29 is 23.4 Å². The van der Waals surface area contributed by atoms with Crippen LogP contribution in [0.2, 0.25) is 0 Å². The second-order valence-electron chi connectivity index (χ2n) is 6.23. The molecule has 7 heteroatoms. The molecule has 3 rings (SSSR count). The molecule has 0 radical (unpaired) electrons. The van der Waals surface area contributed by atoms with E-state index in [0.717, 1.165) is 16.7 Å². The van der Waals surface area contributed by atoms with Crippen LogP contribution in [-0.2, 0) is 6.42 Å². The number of urea groups is 1. The molecular formula is C19H20F2N2O3. The van der Waals surface area contributed by atoms with Crippen LogP contribution < -0.4 is 15.4 Å². The number of halogens is 2. The van der Waals surface area contributed by atoms with Gasteiger partial charge < -0.3 is 20.5 Å². The van der Waals surface area contributed by atoms with Crippen LogP contribution in [0.15, 0.2) is 48.5 Å². The van der Waals surface area contributed by atoms with E-state index in [1.54, 1.807) is 19.1 Å². The standard InChI is InChI=1S/C19H20F2N2O3/c1-11(12-6-8-14(9-7-12)26-18(20)21)22-19(25)23-17-15-5-3-2-4-13(15)10-16(17)24/h2-9,11,16-18,24H,10H2,1H3,(H2,22,23,25)/t11?,16-,17+/m0/s1. The van der Waals surface area contributed by atoms with Crippen LogP contribution in [0.3, 0.4) is 0 Å². The first kappa shape index (κ1) is 18.1. The third kappa shape index (κ3) is 4.11. The Labute approximate surface area is 150 Å². The third-order valence-electron chi connectivity index (χ3n) is 4.44. The van der Waals surface area contributed by atoms with E-state index in [-0.39, 0.29) is 11.8 Å². The SMILES string of the molecule is CC(NC(=O)N[C@@H]1c2ccccc2C[C@@H]1O)c1ccc(OC(F)F)cc1. The lowest BCUT2D eigenvalue weighted by atomic mass is 10.1. The molecule has 0 heterocycles. The molecule has 138 valence electrons. The maximum Gasteiger partial charge on any atom is 0.387 e. The summed E-state index contributed by atoms with van der Waals surface area (Å²) in [6.45, 7) is -1.09. The van der Waals surface area contributed by atoms with Gasteiger partial charge in [0.05, 0.1) is 18.2 Å². The Kier molecular flexibility index (Phi) is 5.37. The number of carbonyl (C=O) groups is 1. The largest absolute Gasteiger partial charge is 0.435 e. The molecule has 0 aliphatic heterocycles. The molecule has 0 saturated heterocycles. The lowest BCUT2D eigenvalue weighted by Crippen LogP contribution is -2.41. The first-order chi connectivity index (χ1) is 12.4. The molecule has 1 unspecified atom stereocenters. The number of alkyl halides is 2. The molecule has 1 aliphatic carbocycles. The van der Waals surface area contributed by atoms with E-state index >= 15 is 0 Å². The Balaban J connectivity index is 1.59. The van der Waals surface area contributed by atoms with Crippen molar-refractivity contribution in [3.63, 3.8) is 0 Å². The van der Waals surface area contributed by atoms with Crippen LogP contribution in [0.4, 0.5) is 13.6 Å². The molecule has 0 bridgehead atoms. The number of rotatable bonds is 5. The van der Waals surface area contributed by atoms with Gasteiger partial charge in [-0.05, 0) is 35.7 Å². The zero-order chi connectivity index (χ0) is 18.7. The highest BCUT2D eigenvalue weighted by molar-refractivity contribution is 5.75. The third-order valence-corrected chi connectivity index (χ3v) is 4.44. The van der Waals surface area contributed by atoms with Crippen LogP contribution in [-0.4, -0.2) is 23.9 Å². The normalized spacial score (nSPS) is 19.7. The topological polar surface area (TPSA) is 70.6 Å². The minimum absolute atomic E-state index is 0.0612. The molecule has 0 aromatic heterocycles. The molecule has 26 heavy (non-hydrogen) atoms. The minimum Gasteiger partial charge on any atom is -0.435 e. The summed E-state index contributed by atoms with van der Waals surface area (Å²) in [6.07, 6.45) is -0.165. The number of fused-ring (bicyclic) bond motifs is 1. The van der Waals surface area contributed by atoms with Gasteiger partial charge in [0.2, 0.25) is 0 Å². The van der Waals surface area contributed by atoms with E-state index in [1.165, 1.54) is 12.1 Å². The highest BCUT2D eigenvalue weighted by atomic mass is 19.3. The Bertz CT molecular complexity index is 768. The minimum atomic E-state index is -2.87. The molecule has 2 amide bonds. The van der Waals surface area contributed by atoms with Crippen molar-refractivity contribution in [2.45, 2.75) is 38.1 Å². The van der Waals surface area contributed by atoms with Crippen LogP contribution in [0.5, 0.6) is 5.75 Å². The van der Waals surface area contributed by atoms with E-state index < -0.39 is 24.8 Å². The quantitative estimate of drug-likeness (QED) is 0.764. The second-order valence-corrected chi connectivity index (χ2v) is 6.23. The molecule has 0 fully saturated rings. The monoisotopic (exact) mass is 362 g/mol. The molecule has 1 aliphatic rings. The second kappa shape index (κ2) is 7.70. The van der Waals surface area contributed by atoms with Crippen LogP contribution in [0.1, 0.15) is 35.7 Å². The van der Waals surface area contributed by atoms with Gasteiger partial charge >= 0.3 is 12.6 Å². The average molecular weight is 362 g/mol. The van der Waals surface area contributed by atoms with Crippen molar-refractivity contribution in [3.05, 3.63) is 65.2 Å². The van der Waals surface area contributed by atoms with E-state index in [2.05, 4.69) is 15.4 Å². The molecule has 2 aromatic rings. The van der Waals surface area contributed by atoms with E-state index in [1.807, 2.05) is 24.3 Å². The van der Waals surface area contributed by atoms with Gasteiger partial charge in [0, 0.05) is 6.42 Å². The summed E-state index contributed by atoms with van der Waals surface area (Å²) in [4.78, 5) is 12.3. The van der Waals surface area contributed by atoms with Gasteiger partial charge in [-0.1, -0.05) is 36.4 Å². The summed E-state index contributed by atoms with van der Waals surface area (Å²) in [7, 11) is 0. The Morgan fingerprint density at radius 1 is 1.19 bits per heavy atom. The summed E-state index contributed by atoms with van der Waals surface area (Å²) in [6, 6.07) is 12.5. The van der Waals surface area contributed by atoms with Gasteiger partial charge in [-0.15, -0.1) is 0 Å². The maximum absolute atomic E-state index is 12.3. The summed E-state index contributed by atoms with van der Waals surface area (Å²) >= 11 is 0. The number of nitrogens with one attached hydrogen (secondary N) is 2. The molecule has 0 saturated carbocycles. The summed E-state index contributed by atoms with van der Waals surface area (Å²) in [5.74, 6) is 0.0612. The number of amides is 2. The molecule has 2 aromatic carbocycles. The summed E-state index contributed by atoms with van der Waals surface area (Å²) in [5, 5.41) is 15.8. The van der Waals surface area contributed by atoms with Gasteiger partial charge in [-0.3, -0.25) is 0 Å². The number of ether oxygens (including phenoxy) is 1. The number of hydrogen-bond acceptors (Lipinski definition) is 3. The van der Waals surface area contributed by atoms with Gasteiger partial charge in [0.1, 0.15) is 5.75 Å². The molecular weight excluding hydrogens is 342 g/mol. The van der Waals surface area contributed by atoms with Crippen LogP contribution in [0.25, 0.3) is 0 Å². The summed E-state index contributed by atoms with van der Waals surface area (Å²) in [5.41, 5.74) is 2.68. The number of hydrogen-bond donors (Lipinski definition) is 3. The van der Waals surface area contributed by atoms with Crippen LogP contribution >= 0.6 is 0 Å². The predicted molar refractivity (Wildman–Crippen MR) is 92.1 cm³/mol. The Morgan fingerprint density at radius 2 is 1.88 bits per heavy atom. The zero-order valence-corrected chi connectivity index (χ0v) is 14.2. The highest BCUT2D eigenvalue weighted by Crippen LogP contribution is 2.31. The van der Waals surface area contributed by atoms with Crippen molar-refractivity contribution in [2.24, 2.45) is 0 Å². The first-order valence-corrected chi connectivity index (χ1v) is 8.31. The van der Waals surface area contributed by atoms with Crippen molar-refractivity contribution in [3.8, 4) is 5.75 Å².